The van der Waals surface area contributed by atoms with Crippen molar-refractivity contribution in [3.63, 3.8) is 0 Å². The molecule has 1 N–H and O–H groups in total. The molecule has 3 aromatic rings. The maximum atomic E-state index is 13.1. The minimum absolute atomic E-state index is 0.106. The Kier molecular flexibility index (Phi) is 5.21. The molecular weight excluding hydrogens is 357 g/mol. The fourth-order valence-electron chi connectivity index (χ4n) is 3.73. The second-order valence-electron chi connectivity index (χ2n) is 7.14. The number of rotatable bonds is 3. The predicted octanol–water partition coefficient (Wildman–Crippen LogP) is 3.02. The molecule has 4 rings (SSSR count). The van der Waals surface area contributed by atoms with Gasteiger partial charge in [0.25, 0.3) is 5.91 Å². The van der Waals surface area contributed by atoms with E-state index in [1.807, 2.05) is 23.1 Å². The van der Waals surface area contributed by atoms with E-state index in [-0.39, 0.29) is 17.3 Å². The normalized spacial score (nSPS) is 15.5. The number of carbonyl (C=O) groups is 1. The topological polar surface area (TPSA) is 56.4 Å². The van der Waals surface area contributed by atoms with Crippen LogP contribution in [-0.2, 0) is 6.54 Å². The molecule has 0 aliphatic carbocycles. The molecule has 1 aromatic heterocycles. The minimum Gasteiger partial charge on any atom is -0.337 e. The lowest BCUT2D eigenvalue weighted by molar-refractivity contribution is 0.0763. The molecule has 1 saturated heterocycles. The molecule has 1 fully saturated rings. The molecule has 2 heterocycles. The highest BCUT2D eigenvalue weighted by atomic mass is 19.1. The number of aromatic amines is 1. The quantitative estimate of drug-likeness (QED) is 0.761. The number of hydrogen-bond acceptors (Lipinski definition) is 3. The van der Waals surface area contributed by atoms with Crippen molar-refractivity contribution in [3.8, 4) is 0 Å². The van der Waals surface area contributed by atoms with Crippen LogP contribution in [0.5, 0.6) is 0 Å². The van der Waals surface area contributed by atoms with Crippen LogP contribution in [0.4, 0.5) is 4.39 Å². The molecule has 2 aromatic carbocycles. The molecule has 0 spiro atoms. The van der Waals surface area contributed by atoms with E-state index in [4.69, 9.17) is 0 Å². The van der Waals surface area contributed by atoms with Gasteiger partial charge in [-0.3, -0.25) is 14.5 Å². The van der Waals surface area contributed by atoms with Crippen molar-refractivity contribution >= 4 is 16.8 Å². The number of fused-ring (bicyclic) bond motifs is 1. The Hall–Kier alpha value is -2.99. The van der Waals surface area contributed by atoms with Crippen LogP contribution < -0.4 is 5.56 Å². The van der Waals surface area contributed by atoms with Gasteiger partial charge >= 0.3 is 0 Å². The molecular formula is C22H22FN3O2. The number of nitrogens with one attached hydrogen (secondary N) is 1. The van der Waals surface area contributed by atoms with Gasteiger partial charge in [0, 0.05) is 49.7 Å². The van der Waals surface area contributed by atoms with Gasteiger partial charge < -0.3 is 9.88 Å². The summed E-state index contributed by atoms with van der Waals surface area (Å²) in [4.78, 5) is 32.0. The fraction of sp³-hybridized carbons (Fsp3) is 0.273. The van der Waals surface area contributed by atoms with E-state index < -0.39 is 0 Å². The van der Waals surface area contributed by atoms with E-state index in [0.29, 0.717) is 24.2 Å². The zero-order valence-electron chi connectivity index (χ0n) is 15.5. The number of halogens is 1. The van der Waals surface area contributed by atoms with E-state index in [0.717, 1.165) is 37.0 Å². The summed E-state index contributed by atoms with van der Waals surface area (Å²) in [5.74, 6) is -0.340. The number of H-pyrrole nitrogens is 1. The molecule has 5 nitrogen and oxygen atoms in total. The van der Waals surface area contributed by atoms with Gasteiger partial charge in [0.1, 0.15) is 5.82 Å². The third kappa shape index (κ3) is 3.97. The van der Waals surface area contributed by atoms with Crippen molar-refractivity contribution in [3.05, 3.63) is 81.9 Å². The van der Waals surface area contributed by atoms with Crippen LogP contribution in [0.25, 0.3) is 10.9 Å². The average Bonchev–Trinajstić information content (AvgIpc) is 2.94. The monoisotopic (exact) mass is 379 g/mol. The summed E-state index contributed by atoms with van der Waals surface area (Å²) in [6, 6.07) is 15.3. The largest absolute Gasteiger partial charge is 0.337 e. The molecule has 1 aliphatic heterocycles. The fourth-order valence-corrected chi connectivity index (χ4v) is 3.73. The van der Waals surface area contributed by atoms with E-state index in [1.165, 1.54) is 18.2 Å². The second-order valence-corrected chi connectivity index (χ2v) is 7.14. The highest BCUT2D eigenvalue weighted by Crippen LogP contribution is 2.18. The van der Waals surface area contributed by atoms with Crippen LogP contribution in [0.1, 0.15) is 22.3 Å². The van der Waals surface area contributed by atoms with Crippen LogP contribution in [0.3, 0.4) is 0 Å². The van der Waals surface area contributed by atoms with Gasteiger partial charge in [-0.05, 0) is 30.2 Å². The van der Waals surface area contributed by atoms with Gasteiger partial charge in [-0.1, -0.05) is 30.3 Å². The number of carbonyl (C=O) groups excluding carboxylic acids is 1. The molecule has 0 unspecified atom stereocenters. The number of pyridine rings is 1. The van der Waals surface area contributed by atoms with E-state index >= 15 is 0 Å². The Bertz CT molecular complexity index is 1050. The Morgan fingerprint density at radius 3 is 2.61 bits per heavy atom. The Balaban J connectivity index is 1.49. The molecule has 0 radical (unpaired) electrons. The number of hydrogen-bond donors (Lipinski definition) is 1. The number of para-hydroxylation sites is 1. The second kappa shape index (κ2) is 7.94. The lowest BCUT2D eigenvalue weighted by Gasteiger charge is -2.22. The maximum absolute atomic E-state index is 13.1. The van der Waals surface area contributed by atoms with Crippen molar-refractivity contribution < 1.29 is 9.18 Å². The molecule has 1 amide bonds. The van der Waals surface area contributed by atoms with Crippen LogP contribution in [0, 0.1) is 5.82 Å². The SMILES string of the molecule is O=C(c1cc(=O)[nH]c2ccccc12)N1CCCN(Cc2ccc(F)cc2)CC1. The van der Waals surface area contributed by atoms with Gasteiger partial charge in [-0.25, -0.2) is 4.39 Å². The zero-order valence-corrected chi connectivity index (χ0v) is 15.5. The maximum Gasteiger partial charge on any atom is 0.254 e. The Morgan fingerprint density at radius 2 is 1.79 bits per heavy atom. The van der Waals surface area contributed by atoms with Crippen LogP contribution in [0.15, 0.2) is 59.4 Å². The number of aromatic nitrogens is 1. The van der Waals surface area contributed by atoms with Gasteiger partial charge in [-0.15, -0.1) is 0 Å². The lowest BCUT2D eigenvalue weighted by Crippen LogP contribution is -2.35. The molecule has 6 heteroatoms. The summed E-state index contributed by atoms with van der Waals surface area (Å²) in [6.07, 6.45) is 0.855. The first kappa shape index (κ1) is 18.4. The van der Waals surface area contributed by atoms with Crippen LogP contribution >= 0.6 is 0 Å². The summed E-state index contributed by atoms with van der Waals surface area (Å²) in [7, 11) is 0. The summed E-state index contributed by atoms with van der Waals surface area (Å²) < 4.78 is 13.1. The summed E-state index contributed by atoms with van der Waals surface area (Å²) in [6.45, 7) is 3.60. The predicted molar refractivity (Wildman–Crippen MR) is 107 cm³/mol. The summed E-state index contributed by atoms with van der Waals surface area (Å²) >= 11 is 0. The first-order valence-electron chi connectivity index (χ1n) is 9.48. The molecule has 144 valence electrons. The number of amides is 1. The Morgan fingerprint density at radius 1 is 1.00 bits per heavy atom. The first-order chi connectivity index (χ1) is 13.6. The van der Waals surface area contributed by atoms with Crippen LogP contribution in [-0.4, -0.2) is 46.9 Å². The highest BCUT2D eigenvalue weighted by Gasteiger charge is 2.22. The van der Waals surface area contributed by atoms with Crippen molar-refractivity contribution in [2.75, 3.05) is 26.2 Å². The number of benzene rings is 2. The van der Waals surface area contributed by atoms with E-state index in [2.05, 4.69) is 9.88 Å². The first-order valence-corrected chi connectivity index (χ1v) is 9.48. The smallest absolute Gasteiger partial charge is 0.254 e. The molecule has 28 heavy (non-hydrogen) atoms. The number of nitrogens with zero attached hydrogens (tertiary/aromatic N) is 2. The average molecular weight is 379 g/mol. The van der Waals surface area contributed by atoms with Gasteiger partial charge in [0.05, 0.1) is 5.56 Å². The van der Waals surface area contributed by atoms with Gasteiger partial charge in [0.15, 0.2) is 0 Å². The van der Waals surface area contributed by atoms with Crippen molar-refractivity contribution in [2.24, 2.45) is 0 Å². The zero-order chi connectivity index (χ0) is 19.5. The standard InChI is InChI=1S/C22H22FN3O2/c23-17-8-6-16(7-9-17)15-25-10-3-11-26(13-12-25)22(28)19-14-21(27)24-20-5-2-1-4-18(19)20/h1-2,4-9,14H,3,10-13,15H2,(H,24,27). The highest BCUT2D eigenvalue weighted by molar-refractivity contribution is 6.05. The van der Waals surface area contributed by atoms with Crippen LogP contribution in [0.2, 0.25) is 0 Å². The summed E-state index contributed by atoms with van der Waals surface area (Å²) in [5, 5.41) is 0.763. The van der Waals surface area contributed by atoms with Gasteiger partial charge in [0.2, 0.25) is 5.56 Å². The van der Waals surface area contributed by atoms with Crippen molar-refractivity contribution in [1.82, 2.24) is 14.8 Å². The van der Waals surface area contributed by atoms with Crippen molar-refractivity contribution in [2.45, 2.75) is 13.0 Å². The molecule has 1 aliphatic rings. The molecule has 0 atom stereocenters. The third-order valence-electron chi connectivity index (χ3n) is 5.18. The molecule has 0 bridgehead atoms. The van der Waals surface area contributed by atoms with Crippen molar-refractivity contribution in [1.29, 1.82) is 0 Å². The van der Waals surface area contributed by atoms with E-state index in [1.54, 1.807) is 18.2 Å². The van der Waals surface area contributed by atoms with E-state index in [9.17, 15) is 14.0 Å². The van der Waals surface area contributed by atoms with Gasteiger partial charge in [-0.2, -0.15) is 0 Å². The molecule has 0 saturated carbocycles. The lowest BCUT2D eigenvalue weighted by atomic mass is 10.1. The Labute approximate surface area is 162 Å². The minimum atomic E-state index is -0.269. The summed E-state index contributed by atoms with van der Waals surface area (Å²) in [5.41, 5.74) is 1.91. The third-order valence-corrected chi connectivity index (χ3v) is 5.18.